The molecule has 0 aliphatic carbocycles. The van der Waals surface area contributed by atoms with Crippen LogP contribution in [0.25, 0.3) is 0 Å². The van der Waals surface area contributed by atoms with Gasteiger partial charge in [0.25, 0.3) is 0 Å². The minimum atomic E-state index is 0. The summed E-state index contributed by atoms with van der Waals surface area (Å²) < 4.78 is 0. The van der Waals surface area contributed by atoms with Gasteiger partial charge in [0, 0.05) is 0 Å². The molecule has 0 aromatic carbocycles. The van der Waals surface area contributed by atoms with Crippen LogP contribution in [0.3, 0.4) is 0 Å². The zero-order valence-corrected chi connectivity index (χ0v) is 8.14. The fraction of sp³-hybridized carbons (Fsp3) is 0.889. The molecular weight excluding hydrogens is 129 g/mol. The molecule has 0 spiro atoms. The van der Waals surface area contributed by atoms with E-state index in [9.17, 15) is 0 Å². The van der Waals surface area contributed by atoms with Crippen LogP contribution in [0.15, 0.2) is 0 Å². The summed E-state index contributed by atoms with van der Waals surface area (Å²) in [5.74, 6) is 0.913. The molecular formula is C9H18LiN. The Bertz CT molecular complexity index is 93.6. The van der Waals surface area contributed by atoms with Crippen LogP contribution < -0.4 is 18.9 Å². The third kappa shape index (κ3) is 4.21. The number of rotatable bonds is 2. The topological polar surface area (TPSA) is 3.24 Å². The number of hydrogen-bond acceptors (Lipinski definition) is 1. The zero-order chi connectivity index (χ0) is 7.40. The van der Waals surface area contributed by atoms with Crippen LogP contribution in [0.5, 0.6) is 0 Å². The molecule has 1 aliphatic heterocycles. The van der Waals surface area contributed by atoms with Gasteiger partial charge < -0.3 is 4.90 Å². The Labute approximate surface area is 82.7 Å². The molecule has 1 nitrogen and oxygen atoms in total. The number of hydrogen-bond donors (Lipinski definition) is 0. The molecule has 0 radical (unpaired) electrons. The summed E-state index contributed by atoms with van der Waals surface area (Å²) in [4.78, 5) is 2.47. The Morgan fingerprint density at radius 1 is 1.55 bits per heavy atom. The van der Waals surface area contributed by atoms with Crippen LogP contribution in [0.1, 0.15) is 33.1 Å². The van der Waals surface area contributed by atoms with E-state index in [0.29, 0.717) is 0 Å². The molecule has 11 heavy (non-hydrogen) atoms. The Hall–Kier alpha value is 0.557. The van der Waals surface area contributed by atoms with E-state index in [0.717, 1.165) is 5.92 Å². The summed E-state index contributed by atoms with van der Waals surface area (Å²) in [6, 6.07) is 0. The average molecular weight is 147 g/mol. The quantitative estimate of drug-likeness (QED) is 0.368. The molecule has 0 amide bonds. The Morgan fingerprint density at radius 3 is 2.82 bits per heavy atom. The second-order valence-corrected chi connectivity index (χ2v) is 3.33. The van der Waals surface area contributed by atoms with Crippen LogP contribution in [-0.4, -0.2) is 18.0 Å². The third-order valence-corrected chi connectivity index (χ3v) is 2.13. The molecule has 60 valence electrons. The van der Waals surface area contributed by atoms with Gasteiger partial charge in [-0.25, -0.2) is 0 Å². The van der Waals surface area contributed by atoms with Crippen molar-refractivity contribution >= 4 is 0 Å². The van der Waals surface area contributed by atoms with Crippen LogP contribution in [0, 0.1) is 12.5 Å². The summed E-state index contributed by atoms with van der Waals surface area (Å²) in [5.41, 5.74) is 0. The standard InChI is InChI=1S/C9H18N.Li/c1-3-6-10-7-4-5-9(2)8-10;/h6,9H,3-5,7-8H2,1-2H3;/q-1;+1. The van der Waals surface area contributed by atoms with Crippen molar-refractivity contribution in [2.75, 3.05) is 13.1 Å². The van der Waals surface area contributed by atoms with Gasteiger partial charge in [-0.2, -0.15) is 6.42 Å². The van der Waals surface area contributed by atoms with Gasteiger partial charge in [-0.05, 0) is 31.8 Å². The maximum Gasteiger partial charge on any atom is 1.00 e. The van der Waals surface area contributed by atoms with Gasteiger partial charge >= 0.3 is 18.9 Å². The predicted molar refractivity (Wildman–Crippen MR) is 44.6 cm³/mol. The Morgan fingerprint density at radius 2 is 2.27 bits per heavy atom. The molecule has 2 heteroatoms. The van der Waals surface area contributed by atoms with Crippen molar-refractivity contribution in [3.8, 4) is 0 Å². The molecule has 1 rings (SSSR count). The largest absolute Gasteiger partial charge is 1.00 e. The van der Waals surface area contributed by atoms with Gasteiger partial charge in [-0.15, -0.1) is 0 Å². The van der Waals surface area contributed by atoms with E-state index in [-0.39, 0.29) is 18.9 Å². The fourth-order valence-corrected chi connectivity index (χ4v) is 1.65. The van der Waals surface area contributed by atoms with E-state index in [4.69, 9.17) is 0 Å². The third-order valence-electron chi connectivity index (χ3n) is 2.13. The van der Waals surface area contributed by atoms with E-state index in [1.54, 1.807) is 0 Å². The van der Waals surface area contributed by atoms with E-state index >= 15 is 0 Å². The van der Waals surface area contributed by atoms with Crippen LogP contribution in [-0.2, 0) is 0 Å². The van der Waals surface area contributed by atoms with Gasteiger partial charge in [-0.1, -0.05) is 13.8 Å². The van der Waals surface area contributed by atoms with E-state index < -0.39 is 0 Å². The average Bonchev–Trinajstić information content (AvgIpc) is 1.88. The van der Waals surface area contributed by atoms with E-state index in [2.05, 4.69) is 25.3 Å². The molecule has 1 saturated heterocycles. The molecule has 1 atom stereocenters. The van der Waals surface area contributed by atoms with Crippen LogP contribution >= 0.6 is 0 Å². The summed E-state index contributed by atoms with van der Waals surface area (Å²) in [5, 5.41) is 0. The van der Waals surface area contributed by atoms with Crippen molar-refractivity contribution in [3.05, 3.63) is 6.54 Å². The first-order valence-electron chi connectivity index (χ1n) is 4.40. The predicted octanol–water partition coefficient (Wildman–Crippen LogP) is -0.706. The molecule has 0 aromatic heterocycles. The molecule has 0 aromatic rings. The second-order valence-electron chi connectivity index (χ2n) is 3.33. The van der Waals surface area contributed by atoms with Crippen molar-refractivity contribution in [2.24, 2.45) is 5.92 Å². The SMILES string of the molecule is CC[CH-]N1CCCC(C)C1.[Li+]. The summed E-state index contributed by atoms with van der Waals surface area (Å²) in [6.07, 6.45) is 4.00. The molecule has 1 heterocycles. The monoisotopic (exact) mass is 147 g/mol. The summed E-state index contributed by atoms with van der Waals surface area (Å²) >= 11 is 0. The van der Waals surface area contributed by atoms with Crippen LogP contribution in [0.4, 0.5) is 0 Å². The van der Waals surface area contributed by atoms with Gasteiger partial charge in [0.2, 0.25) is 0 Å². The minimum absolute atomic E-state index is 0. The molecule has 1 unspecified atom stereocenters. The maximum atomic E-state index is 2.47. The normalized spacial score (nSPS) is 26.2. The number of piperidine rings is 1. The van der Waals surface area contributed by atoms with Crippen LogP contribution in [0.2, 0.25) is 0 Å². The maximum absolute atomic E-state index is 2.47. The molecule has 1 fully saturated rings. The van der Waals surface area contributed by atoms with Crippen molar-refractivity contribution in [2.45, 2.75) is 33.1 Å². The van der Waals surface area contributed by atoms with E-state index in [1.807, 2.05) is 0 Å². The first kappa shape index (κ1) is 11.6. The molecule has 0 N–H and O–H groups in total. The van der Waals surface area contributed by atoms with Crippen molar-refractivity contribution in [1.82, 2.24) is 4.90 Å². The number of likely N-dealkylation sites (tertiary alicyclic amines) is 1. The molecule has 0 bridgehead atoms. The van der Waals surface area contributed by atoms with E-state index in [1.165, 1.54) is 32.4 Å². The minimum Gasteiger partial charge on any atom is -0.456 e. The fourth-order valence-electron chi connectivity index (χ4n) is 1.65. The number of nitrogens with zero attached hydrogens (tertiary/aromatic N) is 1. The zero-order valence-electron chi connectivity index (χ0n) is 8.14. The first-order chi connectivity index (χ1) is 4.83. The second kappa shape index (κ2) is 6.12. The van der Waals surface area contributed by atoms with Crippen molar-refractivity contribution in [3.63, 3.8) is 0 Å². The van der Waals surface area contributed by atoms with Gasteiger partial charge in [0.15, 0.2) is 0 Å². The Kier molecular flexibility index (Phi) is 6.43. The summed E-state index contributed by atoms with van der Waals surface area (Å²) in [7, 11) is 0. The Balaban J connectivity index is 0.000001000. The van der Waals surface area contributed by atoms with Gasteiger partial charge in [0.1, 0.15) is 0 Å². The first-order valence-corrected chi connectivity index (χ1v) is 4.40. The van der Waals surface area contributed by atoms with Crippen molar-refractivity contribution in [1.29, 1.82) is 0 Å². The molecule has 0 saturated carbocycles. The summed E-state index contributed by atoms with van der Waals surface area (Å²) in [6.45, 7) is 9.45. The van der Waals surface area contributed by atoms with Gasteiger partial charge in [-0.3, -0.25) is 6.54 Å². The molecule has 1 aliphatic rings. The van der Waals surface area contributed by atoms with Crippen molar-refractivity contribution < 1.29 is 18.9 Å². The smallest absolute Gasteiger partial charge is 0.456 e. The van der Waals surface area contributed by atoms with Gasteiger partial charge in [0.05, 0.1) is 0 Å².